The quantitative estimate of drug-likeness (QED) is 0.415. The van der Waals surface area contributed by atoms with Crippen molar-refractivity contribution in [3.05, 3.63) is 106 Å². The smallest absolute Gasteiger partial charge is 0.293 e. The summed E-state index contributed by atoms with van der Waals surface area (Å²) in [6.07, 6.45) is 0.717. The van der Waals surface area contributed by atoms with E-state index in [0.29, 0.717) is 18.7 Å². The number of hydrogen-bond donors (Lipinski definition) is 2. The van der Waals surface area contributed by atoms with Crippen LogP contribution in [-0.2, 0) is 6.54 Å². The molecule has 0 fully saturated rings. The number of anilines is 1. The summed E-state index contributed by atoms with van der Waals surface area (Å²) in [7, 11) is 0. The first kappa shape index (κ1) is 20.1. The summed E-state index contributed by atoms with van der Waals surface area (Å²) in [6, 6.07) is 23.6. The van der Waals surface area contributed by atoms with Gasteiger partial charge in [0.25, 0.3) is 11.6 Å². The molecule has 0 radical (unpaired) electrons. The zero-order valence-corrected chi connectivity index (χ0v) is 16.2. The maximum absolute atomic E-state index is 12.7. The molecule has 0 spiro atoms. The number of carbonyl (C=O) groups is 1. The number of nitro benzene ring substituents is 1. The van der Waals surface area contributed by atoms with Crippen molar-refractivity contribution in [3.63, 3.8) is 0 Å². The highest BCUT2D eigenvalue weighted by molar-refractivity contribution is 5.96. The Balaban J connectivity index is 1.76. The summed E-state index contributed by atoms with van der Waals surface area (Å²) >= 11 is 0. The Hall–Kier alpha value is -3.67. The highest BCUT2D eigenvalue weighted by Crippen LogP contribution is 2.27. The Morgan fingerprint density at radius 3 is 2.28 bits per heavy atom. The lowest BCUT2D eigenvalue weighted by molar-refractivity contribution is -0.384. The van der Waals surface area contributed by atoms with Crippen LogP contribution in [0.15, 0.2) is 78.9 Å². The fourth-order valence-corrected chi connectivity index (χ4v) is 3.11. The van der Waals surface area contributed by atoms with Crippen LogP contribution in [0.1, 0.15) is 40.9 Å². The zero-order valence-electron chi connectivity index (χ0n) is 16.2. The van der Waals surface area contributed by atoms with E-state index < -0.39 is 4.92 Å². The highest BCUT2D eigenvalue weighted by atomic mass is 16.6. The molecule has 0 aliphatic heterocycles. The summed E-state index contributed by atoms with van der Waals surface area (Å²) < 4.78 is 0. The molecule has 0 bridgehead atoms. The van der Waals surface area contributed by atoms with Gasteiger partial charge in [0, 0.05) is 18.2 Å². The molecule has 6 heteroatoms. The molecule has 0 aromatic heterocycles. The van der Waals surface area contributed by atoms with Crippen molar-refractivity contribution in [3.8, 4) is 0 Å². The van der Waals surface area contributed by atoms with Gasteiger partial charge < -0.3 is 10.6 Å². The van der Waals surface area contributed by atoms with Gasteiger partial charge in [-0.25, -0.2) is 0 Å². The van der Waals surface area contributed by atoms with E-state index in [9.17, 15) is 14.9 Å². The molecule has 0 unspecified atom stereocenters. The Morgan fingerprint density at radius 2 is 1.66 bits per heavy atom. The second kappa shape index (κ2) is 9.50. The molecular formula is C23H23N3O3. The molecule has 148 valence electrons. The van der Waals surface area contributed by atoms with Crippen molar-refractivity contribution >= 4 is 17.3 Å². The van der Waals surface area contributed by atoms with E-state index in [4.69, 9.17) is 0 Å². The largest absolute Gasteiger partial charge is 0.375 e. The van der Waals surface area contributed by atoms with Crippen LogP contribution in [-0.4, -0.2) is 10.8 Å². The van der Waals surface area contributed by atoms with Gasteiger partial charge >= 0.3 is 0 Å². The number of nitro groups is 1. The average molecular weight is 389 g/mol. The first-order valence-electron chi connectivity index (χ1n) is 9.50. The fourth-order valence-electron chi connectivity index (χ4n) is 3.11. The van der Waals surface area contributed by atoms with E-state index in [1.807, 2.05) is 67.6 Å². The van der Waals surface area contributed by atoms with Crippen LogP contribution in [0.3, 0.4) is 0 Å². The molecule has 3 rings (SSSR count). The van der Waals surface area contributed by atoms with Gasteiger partial charge in [-0.1, -0.05) is 67.6 Å². The molecule has 29 heavy (non-hydrogen) atoms. The van der Waals surface area contributed by atoms with E-state index in [-0.39, 0.29) is 23.2 Å². The standard InChI is InChI=1S/C23H23N3O3/c1-2-20(18-11-7-4-8-12-18)25-23(27)19-13-14-21(22(15-19)26(28)29)24-16-17-9-5-3-6-10-17/h3-15,20,24H,2,16H2,1H3,(H,25,27)/t20-/m1/s1. The van der Waals surface area contributed by atoms with E-state index in [0.717, 1.165) is 11.1 Å². The third kappa shape index (κ3) is 5.19. The summed E-state index contributed by atoms with van der Waals surface area (Å²) in [6.45, 7) is 2.44. The summed E-state index contributed by atoms with van der Waals surface area (Å²) in [5.41, 5.74) is 2.53. The van der Waals surface area contributed by atoms with Gasteiger partial charge in [0.1, 0.15) is 5.69 Å². The predicted octanol–water partition coefficient (Wildman–Crippen LogP) is 5.09. The number of benzene rings is 3. The molecule has 1 amide bonds. The van der Waals surface area contributed by atoms with Crippen LogP contribution >= 0.6 is 0 Å². The van der Waals surface area contributed by atoms with Crippen LogP contribution < -0.4 is 10.6 Å². The minimum absolute atomic E-state index is 0.124. The Labute approximate surface area is 169 Å². The number of nitrogens with one attached hydrogen (secondary N) is 2. The molecule has 0 saturated carbocycles. The third-order valence-electron chi connectivity index (χ3n) is 4.70. The number of hydrogen-bond acceptors (Lipinski definition) is 4. The van der Waals surface area contributed by atoms with Crippen LogP contribution in [0.2, 0.25) is 0 Å². The van der Waals surface area contributed by atoms with E-state index >= 15 is 0 Å². The number of nitrogens with zero attached hydrogens (tertiary/aromatic N) is 1. The summed E-state index contributed by atoms with van der Waals surface area (Å²) in [5.74, 6) is -0.335. The first-order valence-corrected chi connectivity index (χ1v) is 9.50. The molecular weight excluding hydrogens is 366 g/mol. The van der Waals surface area contributed by atoms with E-state index in [1.165, 1.54) is 6.07 Å². The molecule has 0 aliphatic carbocycles. The minimum atomic E-state index is -0.474. The van der Waals surface area contributed by atoms with Crippen molar-refractivity contribution in [2.24, 2.45) is 0 Å². The Kier molecular flexibility index (Phi) is 6.58. The predicted molar refractivity (Wildman–Crippen MR) is 114 cm³/mol. The maximum Gasteiger partial charge on any atom is 0.293 e. The van der Waals surface area contributed by atoms with Crippen molar-refractivity contribution in [2.75, 3.05) is 5.32 Å². The van der Waals surface area contributed by atoms with Gasteiger partial charge in [0.05, 0.1) is 11.0 Å². The fraction of sp³-hybridized carbons (Fsp3) is 0.174. The van der Waals surface area contributed by atoms with Gasteiger partial charge in [0.2, 0.25) is 0 Å². The summed E-state index contributed by atoms with van der Waals surface area (Å²) in [4.78, 5) is 23.8. The normalized spacial score (nSPS) is 11.5. The minimum Gasteiger partial charge on any atom is -0.375 e. The Morgan fingerprint density at radius 1 is 1.00 bits per heavy atom. The SMILES string of the molecule is CC[C@@H](NC(=O)c1ccc(NCc2ccccc2)c([N+](=O)[O-])c1)c1ccccc1. The second-order valence-electron chi connectivity index (χ2n) is 6.67. The van der Waals surface area contributed by atoms with E-state index in [2.05, 4.69) is 10.6 Å². The maximum atomic E-state index is 12.7. The van der Waals surface area contributed by atoms with E-state index in [1.54, 1.807) is 12.1 Å². The van der Waals surface area contributed by atoms with Gasteiger partial charge in [-0.05, 0) is 29.7 Å². The van der Waals surface area contributed by atoms with Gasteiger partial charge in [-0.2, -0.15) is 0 Å². The second-order valence-corrected chi connectivity index (χ2v) is 6.67. The van der Waals surface area contributed by atoms with Gasteiger partial charge in [-0.15, -0.1) is 0 Å². The van der Waals surface area contributed by atoms with Crippen LogP contribution in [0.5, 0.6) is 0 Å². The number of amides is 1. The van der Waals surface area contributed by atoms with Crippen LogP contribution in [0.25, 0.3) is 0 Å². The molecule has 3 aromatic carbocycles. The molecule has 3 aromatic rings. The third-order valence-corrected chi connectivity index (χ3v) is 4.70. The number of carbonyl (C=O) groups excluding carboxylic acids is 1. The molecule has 6 nitrogen and oxygen atoms in total. The van der Waals surface area contributed by atoms with Gasteiger partial charge in [0.15, 0.2) is 0 Å². The molecule has 0 saturated heterocycles. The lowest BCUT2D eigenvalue weighted by atomic mass is 10.0. The molecule has 2 N–H and O–H groups in total. The average Bonchev–Trinajstić information content (AvgIpc) is 2.77. The monoisotopic (exact) mass is 389 g/mol. The molecule has 1 atom stereocenters. The first-order chi connectivity index (χ1) is 14.1. The molecule has 0 heterocycles. The van der Waals surface area contributed by atoms with Crippen molar-refractivity contribution in [1.82, 2.24) is 5.32 Å². The Bertz CT molecular complexity index is 975. The van der Waals surface area contributed by atoms with Crippen LogP contribution in [0.4, 0.5) is 11.4 Å². The van der Waals surface area contributed by atoms with Crippen molar-refractivity contribution in [1.29, 1.82) is 0 Å². The lowest BCUT2D eigenvalue weighted by Crippen LogP contribution is -2.28. The van der Waals surface area contributed by atoms with Crippen molar-refractivity contribution in [2.45, 2.75) is 25.9 Å². The summed E-state index contributed by atoms with van der Waals surface area (Å²) in [5, 5.41) is 17.6. The van der Waals surface area contributed by atoms with Gasteiger partial charge in [-0.3, -0.25) is 14.9 Å². The van der Waals surface area contributed by atoms with Crippen molar-refractivity contribution < 1.29 is 9.72 Å². The lowest BCUT2D eigenvalue weighted by Gasteiger charge is -2.17. The zero-order chi connectivity index (χ0) is 20.6. The molecule has 0 aliphatic rings. The number of rotatable bonds is 8. The highest BCUT2D eigenvalue weighted by Gasteiger charge is 2.19. The van der Waals surface area contributed by atoms with Crippen LogP contribution in [0, 0.1) is 10.1 Å². The topological polar surface area (TPSA) is 84.3 Å².